The first-order chi connectivity index (χ1) is 8.12. The molecule has 0 aromatic carbocycles. The summed E-state index contributed by atoms with van der Waals surface area (Å²) in [4.78, 5) is 3.79. The van der Waals surface area contributed by atoms with E-state index in [2.05, 4.69) is 43.3 Å². The standard InChI is InChI=1S/C13H22N2OS/c1-10(12-5-4-8-17-12)15(3)13(9-14)6-7-16-11(13)2/h4-5,8,10-11H,6-7,9,14H2,1-3H3. The molecule has 0 amide bonds. The Morgan fingerprint density at radius 3 is 2.94 bits per heavy atom. The summed E-state index contributed by atoms with van der Waals surface area (Å²) in [6.45, 7) is 5.85. The van der Waals surface area contributed by atoms with Crippen LogP contribution >= 0.6 is 11.3 Å². The number of hydrogen-bond donors (Lipinski definition) is 1. The molecule has 0 bridgehead atoms. The minimum Gasteiger partial charge on any atom is -0.376 e. The lowest BCUT2D eigenvalue weighted by Gasteiger charge is -2.43. The number of nitrogens with zero attached hydrogens (tertiary/aromatic N) is 1. The van der Waals surface area contributed by atoms with Crippen LogP contribution in [0, 0.1) is 0 Å². The summed E-state index contributed by atoms with van der Waals surface area (Å²) >= 11 is 1.81. The molecule has 1 aromatic rings. The Balaban J connectivity index is 2.20. The monoisotopic (exact) mass is 254 g/mol. The Morgan fingerprint density at radius 1 is 1.71 bits per heavy atom. The highest BCUT2D eigenvalue weighted by Gasteiger charge is 2.45. The first-order valence-electron chi connectivity index (χ1n) is 6.20. The molecule has 3 unspecified atom stereocenters. The molecule has 1 fully saturated rings. The van der Waals surface area contributed by atoms with E-state index in [-0.39, 0.29) is 11.6 Å². The fraction of sp³-hybridized carbons (Fsp3) is 0.692. The van der Waals surface area contributed by atoms with Gasteiger partial charge < -0.3 is 10.5 Å². The van der Waals surface area contributed by atoms with Crippen LogP contribution < -0.4 is 5.73 Å². The smallest absolute Gasteiger partial charge is 0.0743 e. The van der Waals surface area contributed by atoms with Gasteiger partial charge in [-0.3, -0.25) is 4.90 Å². The predicted octanol–water partition coefficient (Wildman–Crippen LogP) is 2.25. The Morgan fingerprint density at radius 2 is 2.47 bits per heavy atom. The summed E-state index contributed by atoms with van der Waals surface area (Å²) in [5.41, 5.74) is 6.02. The van der Waals surface area contributed by atoms with Gasteiger partial charge in [-0.1, -0.05) is 6.07 Å². The number of nitrogens with two attached hydrogens (primary N) is 1. The number of ether oxygens (including phenoxy) is 1. The second kappa shape index (κ2) is 5.06. The SMILES string of the molecule is CC(c1cccs1)N(C)C1(CN)CCOC1C. The zero-order valence-corrected chi connectivity index (χ0v) is 11.7. The quantitative estimate of drug-likeness (QED) is 0.895. The maximum Gasteiger partial charge on any atom is 0.0743 e. The third-order valence-electron chi connectivity index (χ3n) is 4.25. The highest BCUT2D eigenvalue weighted by Crippen LogP contribution is 2.37. The summed E-state index contributed by atoms with van der Waals surface area (Å²) in [6.07, 6.45) is 1.23. The van der Waals surface area contributed by atoms with E-state index in [1.807, 2.05) is 0 Å². The van der Waals surface area contributed by atoms with Gasteiger partial charge in [0.1, 0.15) is 0 Å². The summed E-state index contributed by atoms with van der Waals surface area (Å²) in [6, 6.07) is 4.69. The van der Waals surface area contributed by atoms with Crippen LogP contribution in [0.5, 0.6) is 0 Å². The fourth-order valence-corrected chi connectivity index (χ4v) is 3.58. The van der Waals surface area contributed by atoms with E-state index in [4.69, 9.17) is 10.5 Å². The van der Waals surface area contributed by atoms with Gasteiger partial charge in [-0.2, -0.15) is 0 Å². The lowest BCUT2D eigenvalue weighted by Crippen LogP contribution is -2.57. The van der Waals surface area contributed by atoms with Gasteiger partial charge in [0.05, 0.1) is 11.6 Å². The molecule has 3 atom stereocenters. The second-order valence-electron chi connectivity index (χ2n) is 4.87. The molecule has 2 N–H and O–H groups in total. The Labute approximate surface area is 108 Å². The lowest BCUT2D eigenvalue weighted by atomic mass is 9.89. The van der Waals surface area contributed by atoms with E-state index < -0.39 is 0 Å². The Bertz CT molecular complexity index is 354. The van der Waals surface area contributed by atoms with Crippen LogP contribution in [0.15, 0.2) is 17.5 Å². The van der Waals surface area contributed by atoms with Crippen LogP contribution in [0.4, 0.5) is 0 Å². The van der Waals surface area contributed by atoms with Gasteiger partial charge in [-0.05, 0) is 38.8 Å². The van der Waals surface area contributed by atoms with Crippen LogP contribution in [0.1, 0.15) is 31.2 Å². The van der Waals surface area contributed by atoms with Crippen molar-refractivity contribution in [2.75, 3.05) is 20.2 Å². The largest absolute Gasteiger partial charge is 0.376 e. The molecular weight excluding hydrogens is 232 g/mol. The average Bonchev–Trinajstić information content (AvgIpc) is 2.96. The van der Waals surface area contributed by atoms with E-state index in [0.29, 0.717) is 12.6 Å². The van der Waals surface area contributed by atoms with Crippen molar-refractivity contribution in [3.63, 3.8) is 0 Å². The van der Waals surface area contributed by atoms with Crippen molar-refractivity contribution in [2.24, 2.45) is 5.73 Å². The van der Waals surface area contributed by atoms with Crippen molar-refractivity contribution < 1.29 is 4.74 Å². The second-order valence-corrected chi connectivity index (χ2v) is 5.85. The molecule has 1 saturated heterocycles. The third-order valence-corrected chi connectivity index (χ3v) is 5.29. The first-order valence-corrected chi connectivity index (χ1v) is 7.08. The Hall–Kier alpha value is -0.420. The molecule has 0 aliphatic carbocycles. The predicted molar refractivity (Wildman–Crippen MR) is 72.3 cm³/mol. The topological polar surface area (TPSA) is 38.5 Å². The van der Waals surface area contributed by atoms with Gasteiger partial charge in [0.25, 0.3) is 0 Å². The maximum absolute atomic E-state index is 6.03. The molecule has 4 heteroatoms. The minimum absolute atomic E-state index is 0.0105. The van der Waals surface area contributed by atoms with Crippen LogP contribution in [-0.2, 0) is 4.74 Å². The van der Waals surface area contributed by atoms with Gasteiger partial charge in [0.2, 0.25) is 0 Å². The van der Waals surface area contributed by atoms with E-state index >= 15 is 0 Å². The lowest BCUT2D eigenvalue weighted by molar-refractivity contribution is 0.0101. The molecule has 2 rings (SSSR count). The summed E-state index contributed by atoms with van der Waals surface area (Å²) in [5, 5.41) is 2.13. The molecule has 0 spiro atoms. The number of rotatable bonds is 4. The Kier molecular flexibility index (Phi) is 3.88. The van der Waals surface area contributed by atoms with Gasteiger partial charge in [0, 0.05) is 24.1 Å². The molecule has 3 nitrogen and oxygen atoms in total. The molecule has 1 aliphatic heterocycles. The van der Waals surface area contributed by atoms with Crippen molar-refractivity contribution in [3.8, 4) is 0 Å². The van der Waals surface area contributed by atoms with Gasteiger partial charge in [-0.25, -0.2) is 0 Å². The molecule has 17 heavy (non-hydrogen) atoms. The summed E-state index contributed by atoms with van der Waals surface area (Å²) in [7, 11) is 2.17. The van der Waals surface area contributed by atoms with E-state index in [0.717, 1.165) is 13.0 Å². The van der Waals surface area contributed by atoms with Crippen LogP contribution in [0.2, 0.25) is 0 Å². The molecule has 1 aliphatic rings. The first kappa shape index (κ1) is 13.0. The highest BCUT2D eigenvalue weighted by atomic mass is 32.1. The maximum atomic E-state index is 6.03. The van der Waals surface area contributed by atoms with E-state index in [1.165, 1.54) is 4.88 Å². The number of hydrogen-bond acceptors (Lipinski definition) is 4. The zero-order chi connectivity index (χ0) is 12.5. The summed E-state index contributed by atoms with van der Waals surface area (Å²) < 4.78 is 5.73. The van der Waals surface area contributed by atoms with Crippen LogP contribution in [0.3, 0.4) is 0 Å². The van der Waals surface area contributed by atoms with Crippen molar-refractivity contribution in [1.29, 1.82) is 0 Å². The van der Waals surface area contributed by atoms with Crippen LogP contribution in [-0.4, -0.2) is 36.7 Å². The molecule has 2 heterocycles. The van der Waals surface area contributed by atoms with Gasteiger partial charge in [0.15, 0.2) is 0 Å². The third kappa shape index (κ3) is 2.15. The van der Waals surface area contributed by atoms with Gasteiger partial charge >= 0.3 is 0 Å². The molecule has 0 saturated carbocycles. The molecule has 1 aromatic heterocycles. The normalized spacial score (nSPS) is 31.0. The van der Waals surface area contributed by atoms with Crippen molar-refractivity contribution >= 4 is 11.3 Å². The highest BCUT2D eigenvalue weighted by molar-refractivity contribution is 7.10. The van der Waals surface area contributed by atoms with Crippen molar-refractivity contribution in [3.05, 3.63) is 22.4 Å². The molecule has 0 radical (unpaired) electrons. The van der Waals surface area contributed by atoms with Crippen molar-refractivity contribution in [1.82, 2.24) is 4.90 Å². The summed E-state index contributed by atoms with van der Waals surface area (Å²) in [5.74, 6) is 0. The van der Waals surface area contributed by atoms with Crippen LogP contribution in [0.25, 0.3) is 0 Å². The fourth-order valence-electron chi connectivity index (χ4n) is 2.75. The van der Waals surface area contributed by atoms with E-state index in [9.17, 15) is 0 Å². The van der Waals surface area contributed by atoms with Crippen molar-refractivity contribution in [2.45, 2.75) is 38.0 Å². The average molecular weight is 254 g/mol. The number of likely N-dealkylation sites (N-methyl/N-ethyl adjacent to an activating group) is 1. The molecular formula is C13H22N2OS. The zero-order valence-electron chi connectivity index (χ0n) is 10.8. The number of thiophene rings is 1. The van der Waals surface area contributed by atoms with E-state index in [1.54, 1.807) is 11.3 Å². The molecule has 96 valence electrons. The minimum atomic E-state index is -0.0105. The van der Waals surface area contributed by atoms with Gasteiger partial charge in [-0.15, -0.1) is 11.3 Å².